The van der Waals surface area contributed by atoms with E-state index in [0.717, 1.165) is 0 Å². The van der Waals surface area contributed by atoms with E-state index in [1.807, 2.05) is 0 Å². The topological polar surface area (TPSA) is 126 Å². The third kappa shape index (κ3) is 3.61. The lowest BCUT2D eigenvalue weighted by Crippen LogP contribution is -2.59. The summed E-state index contributed by atoms with van der Waals surface area (Å²) in [5, 5.41) is 37.6. The van der Waals surface area contributed by atoms with Crippen LogP contribution in [-0.4, -0.2) is 70.0 Å². The highest BCUT2D eigenvalue weighted by Gasteiger charge is 2.44. The molecule has 0 aromatic carbocycles. The first-order valence-corrected chi connectivity index (χ1v) is 5.50. The maximum absolute atomic E-state index is 10.7. The third-order valence-corrected chi connectivity index (χ3v) is 2.51. The van der Waals surface area contributed by atoms with E-state index in [-0.39, 0.29) is 0 Å². The summed E-state index contributed by atoms with van der Waals surface area (Å²) in [7, 11) is 0. The monoisotopic (exact) mass is 266 g/mol. The number of carbonyl (C=O) groups excluding carboxylic acids is 1. The van der Waals surface area contributed by atoms with E-state index in [9.17, 15) is 20.1 Å². The van der Waals surface area contributed by atoms with Crippen LogP contribution in [0.1, 0.15) is 13.8 Å². The van der Waals surface area contributed by atoms with Gasteiger partial charge in [0, 0.05) is 6.92 Å². The Hall–Kier alpha value is -0.770. The second-order valence-electron chi connectivity index (χ2n) is 4.01. The molecule has 1 heterocycles. The molecule has 1 fully saturated rings. The van der Waals surface area contributed by atoms with Gasteiger partial charge in [-0.15, -0.1) is 0 Å². The van der Waals surface area contributed by atoms with Gasteiger partial charge >= 0.3 is 5.97 Å². The largest absolute Gasteiger partial charge is 0.436 e. The van der Waals surface area contributed by atoms with E-state index in [0.29, 0.717) is 0 Å². The highest BCUT2D eigenvalue weighted by Crippen LogP contribution is 2.22. The first kappa shape index (κ1) is 15.3. The number of esters is 1. The van der Waals surface area contributed by atoms with Gasteiger partial charge in [-0.25, -0.2) is 0 Å². The van der Waals surface area contributed by atoms with Gasteiger partial charge in [0.25, 0.3) is 0 Å². The Morgan fingerprint density at radius 2 is 1.89 bits per heavy atom. The minimum atomic E-state index is -1.52. The Kier molecular flexibility index (Phi) is 5.45. The van der Waals surface area contributed by atoms with Crippen molar-refractivity contribution in [3.8, 4) is 0 Å². The van der Waals surface area contributed by atoms with Crippen molar-refractivity contribution in [3.05, 3.63) is 0 Å². The lowest BCUT2D eigenvalue weighted by molar-refractivity contribution is -0.329. The lowest BCUT2D eigenvalue weighted by Gasteiger charge is -2.40. The summed E-state index contributed by atoms with van der Waals surface area (Å²) >= 11 is 0. The van der Waals surface area contributed by atoms with Crippen LogP contribution in [0.3, 0.4) is 0 Å². The van der Waals surface area contributed by atoms with Gasteiger partial charge in [-0.05, 0) is 6.92 Å². The lowest BCUT2D eigenvalue weighted by atomic mass is 9.99. The molecule has 0 aromatic rings. The summed E-state index contributed by atoms with van der Waals surface area (Å²) in [4.78, 5) is 10.7. The number of aliphatic hydroxyl groups is 4. The molecular weight excluding hydrogens is 248 g/mol. The predicted octanol–water partition coefficient (Wildman–Crippen LogP) is -2.29. The Morgan fingerprint density at radius 3 is 2.39 bits per heavy atom. The Bertz CT molecular complexity index is 281. The highest BCUT2D eigenvalue weighted by molar-refractivity contribution is 5.65. The first-order chi connectivity index (χ1) is 8.36. The van der Waals surface area contributed by atoms with E-state index >= 15 is 0 Å². The van der Waals surface area contributed by atoms with Gasteiger partial charge in [-0.3, -0.25) is 4.79 Å². The van der Waals surface area contributed by atoms with Crippen molar-refractivity contribution < 1.29 is 39.4 Å². The molecule has 0 amide bonds. The fourth-order valence-electron chi connectivity index (χ4n) is 1.63. The van der Waals surface area contributed by atoms with Crippen LogP contribution < -0.4 is 0 Å². The molecule has 0 aliphatic carbocycles. The molecule has 8 nitrogen and oxygen atoms in total. The van der Waals surface area contributed by atoms with E-state index in [4.69, 9.17) is 14.6 Å². The molecule has 0 saturated carbocycles. The standard InChI is InChI=1S/C10H18O8/c1-4(12)16-5(2)17-10-9(15)8(14)7(13)6(3-11)18-10/h5-11,13-15H,3H2,1-2H3/t5-,6+,7+,8-,9+,10+/m0/s1. The van der Waals surface area contributed by atoms with Crippen LogP contribution in [0, 0.1) is 0 Å². The molecule has 0 unspecified atom stereocenters. The molecule has 0 bridgehead atoms. The average Bonchev–Trinajstić information content (AvgIpc) is 2.29. The molecule has 0 spiro atoms. The summed E-state index contributed by atoms with van der Waals surface area (Å²) in [6.45, 7) is 2.04. The van der Waals surface area contributed by atoms with Crippen molar-refractivity contribution in [2.75, 3.05) is 6.61 Å². The molecule has 0 radical (unpaired) electrons. The molecule has 6 atom stereocenters. The van der Waals surface area contributed by atoms with Crippen LogP contribution in [0.25, 0.3) is 0 Å². The first-order valence-electron chi connectivity index (χ1n) is 5.50. The fourth-order valence-corrected chi connectivity index (χ4v) is 1.63. The second-order valence-corrected chi connectivity index (χ2v) is 4.01. The van der Waals surface area contributed by atoms with E-state index < -0.39 is 49.6 Å². The van der Waals surface area contributed by atoms with Crippen LogP contribution in [0.15, 0.2) is 0 Å². The molecule has 1 rings (SSSR count). The van der Waals surface area contributed by atoms with Gasteiger partial charge in [-0.1, -0.05) is 0 Å². The fraction of sp³-hybridized carbons (Fsp3) is 0.900. The number of carbonyl (C=O) groups is 1. The van der Waals surface area contributed by atoms with Crippen LogP contribution in [0.2, 0.25) is 0 Å². The second kappa shape index (κ2) is 6.41. The van der Waals surface area contributed by atoms with Crippen LogP contribution in [0.4, 0.5) is 0 Å². The van der Waals surface area contributed by atoms with Gasteiger partial charge in [-0.2, -0.15) is 0 Å². The molecule has 4 N–H and O–H groups in total. The van der Waals surface area contributed by atoms with Crippen molar-refractivity contribution in [1.82, 2.24) is 0 Å². The Morgan fingerprint density at radius 1 is 1.28 bits per heavy atom. The Balaban J connectivity index is 2.61. The smallest absolute Gasteiger partial charge is 0.304 e. The molecule has 1 aliphatic rings. The molecule has 8 heteroatoms. The summed E-state index contributed by atoms with van der Waals surface area (Å²) in [5.41, 5.74) is 0. The molecule has 106 valence electrons. The van der Waals surface area contributed by atoms with Crippen LogP contribution in [0.5, 0.6) is 0 Å². The third-order valence-electron chi connectivity index (χ3n) is 2.51. The summed E-state index contributed by atoms with van der Waals surface area (Å²) in [6, 6.07) is 0. The van der Waals surface area contributed by atoms with Crippen molar-refractivity contribution in [3.63, 3.8) is 0 Å². The zero-order valence-corrected chi connectivity index (χ0v) is 10.1. The summed E-state index contributed by atoms with van der Waals surface area (Å²) < 4.78 is 14.8. The minimum absolute atomic E-state index is 0.549. The van der Waals surface area contributed by atoms with Crippen LogP contribution >= 0.6 is 0 Å². The van der Waals surface area contributed by atoms with Gasteiger partial charge in [0.05, 0.1) is 6.61 Å². The zero-order valence-electron chi connectivity index (χ0n) is 10.1. The number of ether oxygens (including phenoxy) is 3. The average molecular weight is 266 g/mol. The van der Waals surface area contributed by atoms with E-state index in [1.54, 1.807) is 0 Å². The molecule has 18 heavy (non-hydrogen) atoms. The van der Waals surface area contributed by atoms with Crippen molar-refractivity contribution in [2.24, 2.45) is 0 Å². The highest BCUT2D eigenvalue weighted by atomic mass is 16.8. The van der Waals surface area contributed by atoms with Gasteiger partial charge in [0.15, 0.2) is 6.29 Å². The number of hydrogen-bond donors (Lipinski definition) is 4. The van der Waals surface area contributed by atoms with Gasteiger partial charge in [0.1, 0.15) is 24.4 Å². The molecule has 1 saturated heterocycles. The quantitative estimate of drug-likeness (QED) is 0.331. The molecular formula is C10H18O8. The summed E-state index contributed by atoms with van der Waals surface area (Å²) in [6.07, 6.45) is -7.85. The van der Waals surface area contributed by atoms with Crippen molar-refractivity contribution >= 4 is 5.97 Å². The van der Waals surface area contributed by atoms with Crippen molar-refractivity contribution in [1.29, 1.82) is 0 Å². The molecule has 1 aliphatic heterocycles. The number of aliphatic hydroxyl groups excluding tert-OH is 4. The molecule has 0 aromatic heterocycles. The maximum Gasteiger partial charge on any atom is 0.304 e. The number of rotatable bonds is 4. The minimum Gasteiger partial charge on any atom is -0.436 e. The van der Waals surface area contributed by atoms with Gasteiger partial charge in [0.2, 0.25) is 6.29 Å². The zero-order chi connectivity index (χ0) is 13.9. The summed E-state index contributed by atoms with van der Waals surface area (Å²) in [5.74, 6) is -0.577. The Labute approximate surface area is 104 Å². The van der Waals surface area contributed by atoms with Crippen LogP contribution in [-0.2, 0) is 19.0 Å². The maximum atomic E-state index is 10.7. The van der Waals surface area contributed by atoms with E-state index in [2.05, 4.69) is 4.74 Å². The van der Waals surface area contributed by atoms with Gasteiger partial charge < -0.3 is 34.6 Å². The normalized spacial score (nSPS) is 38.2. The number of hydrogen-bond acceptors (Lipinski definition) is 8. The predicted molar refractivity (Wildman–Crippen MR) is 56.1 cm³/mol. The van der Waals surface area contributed by atoms with Crippen molar-refractivity contribution in [2.45, 2.75) is 50.8 Å². The SMILES string of the molecule is CC(=O)O[C@H](C)O[C@@H]1O[C@H](CO)[C@@H](O)[C@H](O)[C@H]1O. The van der Waals surface area contributed by atoms with E-state index in [1.165, 1.54) is 13.8 Å².